The minimum absolute atomic E-state index is 0.756. The fraction of sp³-hybridized carbons (Fsp3) is 0.200. The van der Waals surface area contributed by atoms with Gasteiger partial charge in [-0.2, -0.15) is 0 Å². The number of thioether (sulfide) groups is 1. The van der Waals surface area contributed by atoms with Crippen LogP contribution in [0, 0.1) is 13.8 Å². The van der Waals surface area contributed by atoms with Crippen molar-refractivity contribution in [3.05, 3.63) is 53.9 Å². The highest BCUT2D eigenvalue weighted by Gasteiger charge is 2.07. The third kappa shape index (κ3) is 2.49. The predicted molar refractivity (Wildman–Crippen MR) is 77.3 cm³/mol. The van der Waals surface area contributed by atoms with Crippen LogP contribution in [0.15, 0.2) is 45.9 Å². The number of hydrogen-bond donors (Lipinski definition) is 0. The number of aromatic nitrogens is 2. The Kier molecular flexibility index (Phi) is 3.25. The molecule has 0 atom stereocenters. The zero-order valence-electron chi connectivity index (χ0n) is 10.9. The van der Waals surface area contributed by atoms with E-state index in [1.54, 1.807) is 18.0 Å². The van der Waals surface area contributed by atoms with Crippen LogP contribution in [-0.2, 0) is 5.75 Å². The fourth-order valence-corrected chi connectivity index (χ4v) is 2.84. The second kappa shape index (κ2) is 5.05. The van der Waals surface area contributed by atoms with Crippen molar-refractivity contribution >= 4 is 22.7 Å². The fourth-order valence-electron chi connectivity index (χ4n) is 2.02. The first-order chi connectivity index (χ1) is 9.24. The van der Waals surface area contributed by atoms with E-state index in [2.05, 4.69) is 16.0 Å². The summed E-state index contributed by atoms with van der Waals surface area (Å²) in [5.41, 5.74) is 2.04. The van der Waals surface area contributed by atoms with Gasteiger partial charge in [-0.05, 0) is 26.0 Å². The molecule has 0 spiro atoms. The summed E-state index contributed by atoms with van der Waals surface area (Å²) in [5.74, 6) is 2.57. The number of aryl methyl sites for hydroxylation is 2. The Morgan fingerprint density at radius 2 is 1.95 bits per heavy atom. The zero-order valence-corrected chi connectivity index (χ0v) is 11.7. The largest absolute Gasteiger partial charge is 0.468 e. The molecular weight excluding hydrogens is 256 g/mol. The standard InChI is InChI=1S/C15H14N2OS/c1-10-12-5-3-4-6-13(12)17-15(16-10)9-19-14-7-8-18-11(14)2/h3-8H,9H2,1-2H3. The molecular formula is C15H14N2OS. The third-order valence-corrected chi connectivity index (χ3v) is 4.15. The van der Waals surface area contributed by atoms with E-state index in [-0.39, 0.29) is 0 Å². The van der Waals surface area contributed by atoms with Gasteiger partial charge < -0.3 is 4.42 Å². The molecule has 19 heavy (non-hydrogen) atoms. The highest BCUT2D eigenvalue weighted by molar-refractivity contribution is 7.98. The molecule has 0 fully saturated rings. The van der Waals surface area contributed by atoms with Crippen molar-refractivity contribution in [2.75, 3.05) is 0 Å². The van der Waals surface area contributed by atoms with Crippen molar-refractivity contribution in [2.24, 2.45) is 0 Å². The monoisotopic (exact) mass is 270 g/mol. The van der Waals surface area contributed by atoms with Gasteiger partial charge in [0.2, 0.25) is 0 Å². The zero-order chi connectivity index (χ0) is 13.2. The van der Waals surface area contributed by atoms with Crippen LogP contribution in [0.4, 0.5) is 0 Å². The average molecular weight is 270 g/mol. The lowest BCUT2D eigenvalue weighted by Crippen LogP contribution is -1.96. The van der Waals surface area contributed by atoms with Crippen molar-refractivity contribution in [3.63, 3.8) is 0 Å². The molecule has 3 nitrogen and oxygen atoms in total. The van der Waals surface area contributed by atoms with Crippen LogP contribution in [0.2, 0.25) is 0 Å². The molecule has 2 aromatic heterocycles. The van der Waals surface area contributed by atoms with Crippen molar-refractivity contribution in [2.45, 2.75) is 24.5 Å². The summed E-state index contributed by atoms with van der Waals surface area (Å²) < 4.78 is 5.29. The van der Waals surface area contributed by atoms with Gasteiger partial charge in [-0.15, -0.1) is 11.8 Å². The quantitative estimate of drug-likeness (QED) is 0.671. The highest BCUT2D eigenvalue weighted by Crippen LogP contribution is 2.26. The summed E-state index contributed by atoms with van der Waals surface area (Å²) in [7, 11) is 0. The second-order valence-corrected chi connectivity index (χ2v) is 5.39. The van der Waals surface area contributed by atoms with E-state index in [1.165, 1.54) is 0 Å². The topological polar surface area (TPSA) is 38.9 Å². The summed E-state index contributed by atoms with van der Waals surface area (Å²) in [4.78, 5) is 10.3. The molecule has 0 aliphatic rings. The first kappa shape index (κ1) is 12.2. The SMILES string of the molecule is Cc1occc1SCc1nc(C)c2ccccc2n1. The van der Waals surface area contributed by atoms with E-state index in [1.807, 2.05) is 38.1 Å². The molecule has 2 heterocycles. The molecule has 0 bridgehead atoms. The van der Waals surface area contributed by atoms with Crippen LogP contribution in [0.3, 0.4) is 0 Å². The Hall–Kier alpha value is -1.81. The molecule has 0 saturated carbocycles. The molecule has 0 N–H and O–H groups in total. The normalized spacial score (nSPS) is 11.1. The van der Waals surface area contributed by atoms with Crippen molar-refractivity contribution < 1.29 is 4.42 Å². The number of para-hydroxylation sites is 1. The van der Waals surface area contributed by atoms with E-state index >= 15 is 0 Å². The predicted octanol–water partition coefficient (Wildman–Crippen LogP) is 4.13. The smallest absolute Gasteiger partial charge is 0.139 e. The number of fused-ring (bicyclic) bond motifs is 1. The summed E-state index contributed by atoms with van der Waals surface area (Å²) >= 11 is 1.71. The van der Waals surface area contributed by atoms with E-state index < -0.39 is 0 Å². The molecule has 3 aromatic rings. The second-order valence-electron chi connectivity index (χ2n) is 4.37. The van der Waals surface area contributed by atoms with Crippen LogP contribution >= 0.6 is 11.8 Å². The van der Waals surface area contributed by atoms with Crippen LogP contribution in [0.1, 0.15) is 17.3 Å². The maximum atomic E-state index is 5.29. The van der Waals surface area contributed by atoms with Gasteiger partial charge in [0.25, 0.3) is 0 Å². The molecule has 0 unspecified atom stereocenters. The van der Waals surface area contributed by atoms with Crippen LogP contribution in [-0.4, -0.2) is 9.97 Å². The lowest BCUT2D eigenvalue weighted by Gasteiger charge is -2.05. The third-order valence-electron chi connectivity index (χ3n) is 3.01. The molecule has 96 valence electrons. The van der Waals surface area contributed by atoms with Crippen LogP contribution in [0.5, 0.6) is 0 Å². The van der Waals surface area contributed by atoms with Crippen molar-refractivity contribution in [1.82, 2.24) is 9.97 Å². The summed E-state index contributed by atoms with van der Waals surface area (Å²) in [6.07, 6.45) is 1.71. The van der Waals surface area contributed by atoms with Crippen molar-refractivity contribution in [1.29, 1.82) is 0 Å². The highest BCUT2D eigenvalue weighted by atomic mass is 32.2. The van der Waals surface area contributed by atoms with Crippen molar-refractivity contribution in [3.8, 4) is 0 Å². The van der Waals surface area contributed by atoms with E-state index in [9.17, 15) is 0 Å². The lowest BCUT2D eigenvalue weighted by molar-refractivity contribution is 0.527. The molecule has 1 aromatic carbocycles. The molecule has 4 heteroatoms. The van der Waals surface area contributed by atoms with E-state index in [0.717, 1.165) is 38.8 Å². The van der Waals surface area contributed by atoms with Gasteiger partial charge >= 0.3 is 0 Å². The van der Waals surface area contributed by atoms with E-state index in [0.29, 0.717) is 0 Å². The molecule has 0 aliphatic heterocycles. The Morgan fingerprint density at radius 1 is 1.11 bits per heavy atom. The molecule has 0 amide bonds. The number of rotatable bonds is 3. The summed E-state index contributed by atoms with van der Waals surface area (Å²) in [5, 5.41) is 1.12. The molecule has 3 rings (SSSR count). The first-order valence-corrected chi connectivity index (χ1v) is 7.12. The van der Waals surface area contributed by atoms with E-state index in [4.69, 9.17) is 4.42 Å². The van der Waals surface area contributed by atoms with Gasteiger partial charge in [-0.25, -0.2) is 9.97 Å². The van der Waals surface area contributed by atoms with Gasteiger partial charge in [0.05, 0.1) is 17.5 Å². The van der Waals surface area contributed by atoms with Gasteiger partial charge in [0.15, 0.2) is 0 Å². The average Bonchev–Trinajstić information content (AvgIpc) is 2.82. The lowest BCUT2D eigenvalue weighted by atomic mass is 10.2. The number of hydrogen-bond acceptors (Lipinski definition) is 4. The Balaban J connectivity index is 1.87. The van der Waals surface area contributed by atoms with Gasteiger partial charge in [0, 0.05) is 16.0 Å². The van der Waals surface area contributed by atoms with Gasteiger partial charge in [0.1, 0.15) is 11.6 Å². The number of benzene rings is 1. The maximum Gasteiger partial charge on any atom is 0.139 e. The minimum atomic E-state index is 0.756. The van der Waals surface area contributed by atoms with Gasteiger partial charge in [-0.3, -0.25) is 0 Å². The molecule has 0 aliphatic carbocycles. The minimum Gasteiger partial charge on any atom is -0.468 e. The number of furan rings is 1. The molecule has 0 saturated heterocycles. The Labute approximate surface area is 116 Å². The maximum absolute atomic E-state index is 5.29. The Bertz CT molecular complexity index is 721. The van der Waals surface area contributed by atoms with Gasteiger partial charge in [-0.1, -0.05) is 18.2 Å². The number of nitrogens with zero attached hydrogens (tertiary/aromatic N) is 2. The van der Waals surface area contributed by atoms with Crippen LogP contribution in [0.25, 0.3) is 10.9 Å². The summed E-state index contributed by atoms with van der Waals surface area (Å²) in [6, 6.07) is 10.1. The van der Waals surface area contributed by atoms with Crippen LogP contribution < -0.4 is 0 Å². The first-order valence-electron chi connectivity index (χ1n) is 6.13. The Morgan fingerprint density at radius 3 is 2.74 bits per heavy atom. The summed E-state index contributed by atoms with van der Waals surface area (Å²) in [6.45, 7) is 4.00. The molecule has 0 radical (unpaired) electrons.